The molecule has 36 heavy (non-hydrogen) atoms. The van der Waals surface area contributed by atoms with E-state index in [9.17, 15) is 18.0 Å². The minimum Gasteiger partial charge on any atom is -0.494 e. The highest BCUT2D eigenvalue weighted by atomic mass is 28.1. The maximum atomic E-state index is 13.4. The largest absolute Gasteiger partial charge is 0.573 e. The van der Waals surface area contributed by atoms with Gasteiger partial charge in [-0.25, -0.2) is 0 Å². The Balaban J connectivity index is 1.42. The highest BCUT2D eigenvalue weighted by molar-refractivity contribution is 6.11. The molecule has 2 aliphatic rings. The van der Waals surface area contributed by atoms with Gasteiger partial charge in [-0.2, -0.15) is 0 Å². The Kier molecular flexibility index (Phi) is 6.20. The van der Waals surface area contributed by atoms with Crippen LogP contribution in [0, 0.1) is 6.92 Å². The number of hydrogen-bond donors (Lipinski definition) is 1. The zero-order valence-electron chi connectivity index (χ0n) is 20.4. The standard InChI is InChI=1S/C26H28F3N3O3Si/c1-15-5-6-16(34-24(36)22-7-11-32(22)2)12-19(15)23(33)31-25(8-9-25)20-13-17(35-26(27,28)29)14-21-18(20)4-3-10-30-21/h3-6,10,12-14,22,24H,7-9,11H2,1-2,36H3,(H,31,33)/t22-,24-/m0/s1. The van der Waals surface area contributed by atoms with Gasteiger partial charge in [-0.1, -0.05) is 12.1 Å². The Morgan fingerprint density at radius 2 is 2.00 bits per heavy atom. The third-order valence-corrected chi connectivity index (χ3v) is 8.21. The number of alkyl halides is 3. The zero-order valence-corrected chi connectivity index (χ0v) is 22.4. The van der Waals surface area contributed by atoms with Crippen LogP contribution in [-0.2, 0) is 5.54 Å². The summed E-state index contributed by atoms with van der Waals surface area (Å²) in [5.74, 6) is 0.00123. The number of rotatable bonds is 7. The first-order valence-corrected chi connectivity index (χ1v) is 13.2. The molecular formula is C26H28F3N3O3Si. The van der Waals surface area contributed by atoms with Crippen molar-refractivity contribution in [2.45, 2.75) is 49.9 Å². The maximum absolute atomic E-state index is 13.4. The second-order valence-electron chi connectivity index (χ2n) is 9.76. The van der Waals surface area contributed by atoms with E-state index in [4.69, 9.17) is 4.74 Å². The SMILES string of the molecule is Cc1ccc(O[C@@H]([SiH3])[C@@H]2CCN2C)cc1C(=O)NC1(c2cc(OC(F)(F)F)cc3ncccc23)CC1. The number of pyridine rings is 1. The van der Waals surface area contributed by atoms with Crippen molar-refractivity contribution in [2.24, 2.45) is 0 Å². The Morgan fingerprint density at radius 3 is 2.64 bits per heavy atom. The summed E-state index contributed by atoms with van der Waals surface area (Å²) < 4.78 is 49.3. The highest BCUT2D eigenvalue weighted by Crippen LogP contribution is 2.49. The van der Waals surface area contributed by atoms with E-state index in [1.54, 1.807) is 18.2 Å². The lowest BCUT2D eigenvalue weighted by atomic mass is 9.97. The van der Waals surface area contributed by atoms with Gasteiger partial charge >= 0.3 is 6.36 Å². The van der Waals surface area contributed by atoms with E-state index in [-0.39, 0.29) is 17.4 Å². The molecule has 2 fully saturated rings. The zero-order chi connectivity index (χ0) is 25.7. The molecule has 1 aliphatic carbocycles. The molecule has 10 heteroatoms. The number of aryl methyl sites for hydroxylation is 1. The number of fused-ring (bicyclic) bond motifs is 1. The minimum atomic E-state index is -4.83. The van der Waals surface area contributed by atoms with E-state index < -0.39 is 11.9 Å². The minimum absolute atomic E-state index is 0.118. The van der Waals surface area contributed by atoms with Gasteiger partial charge in [0.05, 0.1) is 27.0 Å². The van der Waals surface area contributed by atoms with Crippen LogP contribution in [0.3, 0.4) is 0 Å². The molecule has 1 aromatic heterocycles. The van der Waals surface area contributed by atoms with Crippen molar-refractivity contribution < 1.29 is 27.4 Å². The number of likely N-dealkylation sites (N-methyl/N-ethyl adjacent to an activating group) is 1. The van der Waals surface area contributed by atoms with Gasteiger partial charge in [-0.3, -0.25) is 9.78 Å². The summed E-state index contributed by atoms with van der Waals surface area (Å²) >= 11 is 0. The molecule has 0 bridgehead atoms. The van der Waals surface area contributed by atoms with Crippen molar-refractivity contribution in [3.63, 3.8) is 0 Å². The number of halogens is 3. The van der Waals surface area contributed by atoms with Crippen LogP contribution in [0.1, 0.15) is 40.7 Å². The molecule has 0 radical (unpaired) electrons. The van der Waals surface area contributed by atoms with Crippen LogP contribution < -0.4 is 14.8 Å². The number of benzene rings is 2. The third kappa shape index (κ3) is 4.92. The fourth-order valence-corrected chi connectivity index (χ4v) is 6.07. The Labute approximate surface area is 210 Å². The lowest BCUT2D eigenvalue weighted by molar-refractivity contribution is -0.274. The van der Waals surface area contributed by atoms with Crippen LogP contribution in [0.2, 0.25) is 0 Å². The van der Waals surface area contributed by atoms with Crippen LogP contribution in [0.15, 0.2) is 48.7 Å². The number of aromatic nitrogens is 1. The van der Waals surface area contributed by atoms with Crippen molar-refractivity contribution >= 4 is 27.1 Å². The van der Waals surface area contributed by atoms with Gasteiger partial charge < -0.3 is 19.7 Å². The molecule has 1 saturated carbocycles. The van der Waals surface area contributed by atoms with E-state index in [1.165, 1.54) is 18.3 Å². The van der Waals surface area contributed by atoms with Crippen LogP contribution in [0.5, 0.6) is 11.5 Å². The van der Waals surface area contributed by atoms with Crippen LogP contribution in [0.25, 0.3) is 10.9 Å². The van der Waals surface area contributed by atoms with Gasteiger partial charge in [0.25, 0.3) is 5.91 Å². The predicted molar refractivity (Wildman–Crippen MR) is 133 cm³/mol. The van der Waals surface area contributed by atoms with Crippen molar-refractivity contribution in [3.05, 3.63) is 65.4 Å². The number of nitrogens with one attached hydrogen (secondary N) is 1. The number of carbonyl (C=O) groups is 1. The van der Waals surface area contributed by atoms with E-state index >= 15 is 0 Å². The van der Waals surface area contributed by atoms with Crippen molar-refractivity contribution in [1.82, 2.24) is 15.2 Å². The molecule has 0 unspecified atom stereocenters. The summed E-state index contributed by atoms with van der Waals surface area (Å²) in [7, 11) is 2.94. The molecule has 1 N–H and O–H groups in total. The number of hydrogen-bond acceptors (Lipinski definition) is 5. The third-order valence-electron chi connectivity index (χ3n) is 7.21. The monoisotopic (exact) mass is 515 g/mol. The fourth-order valence-electron chi connectivity index (χ4n) is 4.96. The average Bonchev–Trinajstić information content (AvgIpc) is 3.58. The summed E-state index contributed by atoms with van der Waals surface area (Å²) in [4.78, 5) is 19.9. The quantitative estimate of drug-likeness (QED) is 0.487. The number of carbonyl (C=O) groups excluding carboxylic acids is 1. The highest BCUT2D eigenvalue weighted by Gasteiger charge is 2.47. The second kappa shape index (κ2) is 9.08. The van der Waals surface area contributed by atoms with Gasteiger partial charge in [-0.05, 0) is 75.2 Å². The van der Waals surface area contributed by atoms with Crippen molar-refractivity contribution in [2.75, 3.05) is 13.6 Å². The first-order valence-electron chi connectivity index (χ1n) is 12.0. The molecule has 0 spiro atoms. The van der Waals surface area contributed by atoms with Crippen molar-refractivity contribution in [1.29, 1.82) is 0 Å². The molecule has 1 aliphatic heterocycles. The van der Waals surface area contributed by atoms with Gasteiger partial charge in [0.15, 0.2) is 0 Å². The van der Waals surface area contributed by atoms with Gasteiger partial charge in [-0.15, -0.1) is 13.2 Å². The van der Waals surface area contributed by atoms with Crippen LogP contribution >= 0.6 is 0 Å². The fraction of sp³-hybridized carbons (Fsp3) is 0.385. The molecule has 2 heterocycles. The molecular weight excluding hydrogens is 487 g/mol. The van der Waals surface area contributed by atoms with Gasteiger partial charge in [0, 0.05) is 29.3 Å². The Morgan fingerprint density at radius 1 is 1.22 bits per heavy atom. The van der Waals surface area contributed by atoms with Gasteiger partial charge in [0.2, 0.25) is 0 Å². The Bertz CT molecular complexity index is 1310. The van der Waals surface area contributed by atoms with E-state index in [1.807, 2.05) is 19.1 Å². The molecule has 5 rings (SSSR count). The lowest BCUT2D eigenvalue weighted by Crippen LogP contribution is -2.53. The summed E-state index contributed by atoms with van der Waals surface area (Å²) in [6, 6.07) is 12.0. The number of nitrogens with zero attached hydrogens (tertiary/aromatic N) is 2. The van der Waals surface area contributed by atoms with Gasteiger partial charge in [0.1, 0.15) is 11.5 Å². The van der Waals surface area contributed by atoms with Crippen LogP contribution in [-0.4, -0.2) is 57.8 Å². The summed E-state index contributed by atoms with van der Waals surface area (Å²) in [6.07, 6.45) is -1.01. The van der Waals surface area contributed by atoms with Crippen LogP contribution in [0.4, 0.5) is 13.2 Å². The first kappa shape index (κ1) is 24.6. The molecule has 1 amide bonds. The van der Waals surface area contributed by atoms with Crippen molar-refractivity contribution in [3.8, 4) is 11.5 Å². The molecule has 190 valence electrons. The first-order chi connectivity index (χ1) is 17.0. The summed E-state index contributed by atoms with van der Waals surface area (Å²) in [5, 5.41) is 3.78. The summed E-state index contributed by atoms with van der Waals surface area (Å²) in [5.41, 5.74) is 1.55. The summed E-state index contributed by atoms with van der Waals surface area (Å²) in [6.45, 7) is 2.92. The normalized spacial score (nSPS) is 20.0. The predicted octanol–water partition coefficient (Wildman–Crippen LogP) is 3.64. The number of likely N-dealkylation sites (tertiary alicyclic amines) is 1. The van der Waals surface area contributed by atoms with E-state index in [0.717, 1.165) is 28.8 Å². The molecule has 6 nitrogen and oxygen atoms in total. The molecule has 1 saturated heterocycles. The second-order valence-corrected chi connectivity index (χ2v) is 10.9. The average molecular weight is 516 g/mol. The van der Waals surface area contributed by atoms with E-state index in [2.05, 4.69) is 27.0 Å². The maximum Gasteiger partial charge on any atom is 0.573 e. The molecule has 3 aromatic rings. The topological polar surface area (TPSA) is 63.7 Å². The lowest BCUT2D eigenvalue weighted by Gasteiger charge is -2.41. The number of amides is 1. The Hall–Kier alpha value is -3.11. The number of ether oxygens (including phenoxy) is 2. The van der Waals surface area contributed by atoms with E-state index in [0.29, 0.717) is 46.7 Å². The molecule has 2 aromatic carbocycles. The smallest absolute Gasteiger partial charge is 0.494 e. The molecule has 2 atom stereocenters.